The lowest BCUT2D eigenvalue weighted by atomic mass is 9.96. The maximum Gasteiger partial charge on any atom is 0.253 e. The van der Waals surface area contributed by atoms with E-state index in [1.54, 1.807) is 4.90 Å². The fraction of sp³-hybridized carbons (Fsp3) is 0.467. The summed E-state index contributed by atoms with van der Waals surface area (Å²) in [6.07, 6.45) is 2.11. The highest BCUT2D eigenvalue weighted by atomic mass is 32.2. The van der Waals surface area contributed by atoms with E-state index in [4.69, 9.17) is 10.5 Å². The zero-order chi connectivity index (χ0) is 17.2. The fourth-order valence-electron chi connectivity index (χ4n) is 2.65. The normalized spacial score (nSPS) is 16.2. The Bertz CT molecular complexity index is 721. The van der Waals surface area contributed by atoms with Crippen molar-refractivity contribution in [3.63, 3.8) is 0 Å². The highest BCUT2D eigenvalue weighted by molar-refractivity contribution is 7.90. The van der Waals surface area contributed by atoms with Gasteiger partial charge in [-0.15, -0.1) is 0 Å². The molecule has 0 spiro atoms. The van der Waals surface area contributed by atoms with Crippen LogP contribution < -0.4 is 10.5 Å². The Labute approximate surface area is 135 Å². The average molecular weight is 340 g/mol. The van der Waals surface area contributed by atoms with E-state index in [1.165, 1.54) is 25.3 Å². The summed E-state index contributed by atoms with van der Waals surface area (Å²) in [5, 5.41) is 0. The average Bonchev–Trinajstić information content (AvgIpc) is 2.52. The van der Waals surface area contributed by atoms with E-state index in [0.717, 1.165) is 6.26 Å². The lowest BCUT2D eigenvalue weighted by Gasteiger charge is -2.30. The number of amides is 2. The predicted octanol–water partition coefficient (Wildman–Crippen LogP) is 0.436. The van der Waals surface area contributed by atoms with Gasteiger partial charge in [-0.1, -0.05) is 0 Å². The third-order valence-corrected chi connectivity index (χ3v) is 5.11. The van der Waals surface area contributed by atoms with Crippen LogP contribution in [0.5, 0.6) is 5.75 Å². The van der Waals surface area contributed by atoms with Crippen LogP contribution in [0.4, 0.5) is 0 Å². The Balaban J connectivity index is 2.22. The molecule has 1 saturated heterocycles. The molecule has 1 aromatic carbocycles. The number of nitrogens with zero attached hydrogens (tertiary/aromatic N) is 1. The van der Waals surface area contributed by atoms with E-state index >= 15 is 0 Å². The molecule has 7 nitrogen and oxygen atoms in total. The highest BCUT2D eigenvalue weighted by Gasteiger charge is 2.27. The van der Waals surface area contributed by atoms with Gasteiger partial charge in [-0.3, -0.25) is 9.59 Å². The minimum atomic E-state index is -3.51. The summed E-state index contributed by atoms with van der Waals surface area (Å²) in [5.41, 5.74) is 5.56. The third kappa shape index (κ3) is 3.82. The number of piperidine rings is 1. The van der Waals surface area contributed by atoms with Gasteiger partial charge in [-0.2, -0.15) is 0 Å². The van der Waals surface area contributed by atoms with Gasteiger partial charge in [-0.25, -0.2) is 8.42 Å². The molecule has 2 N–H and O–H groups in total. The zero-order valence-corrected chi connectivity index (χ0v) is 13.9. The number of methoxy groups -OCH3 is 1. The number of carbonyl (C=O) groups is 2. The fourth-order valence-corrected chi connectivity index (χ4v) is 3.51. The van der Waals surface area contributed by atoms with E-state index < -0.39 is 9.84 Å². The quantitative estimate of drug-likeness (QED) is 0.856. The Morgan fingerprint density at radius 1 is 1.26 bits per heavy atom. The second kappa shape index (κ2) is 6.57. The van der Waals surface area contributed by atoms with Crippen molar-refractivity contribution in [3.05, 3.63) is 23.8 Å². The number of primary amides is 1. The topological polar surface area (TPSA) is 107 Å². The van der Waals surface area contributed by atoms with E-state index in [2.05, 4.69) is 0 Å². The van der Waals surface area contributed by atoms with E-state index in [0.29, 0.717) is 25.9 Å². The smallest absolute Gasteiger partial charge is 0.253 e. The molecule has 1 aliphatic heterocycles. The number of hydrogen-bond donors (Lipinski definition) is 1. The van der Waals surface area contributed by atoms with Crippen molar-refractivity contribution in [1.82, 2.24) is 4.90 Å². The Kier molecular flexibility index (Phi) is 4.93. The molecule has 1 aromatic rings. The van der Waals surface area contributed by atoms with Gasteiger partial charge in [0.15, 0.2) is 9.84 Å². The predicted molar refractivity (Wildman–Crippen MR) is 83.9 cm³/mol. The number of likely N-dealkylation sites (tertiary alicyclic amines) is 1. The molecule has 8 heteroatoms. The first-order valence-corrected chi connectivity index (χ1v) is 9.10. The SMILES string of the molecule is COc1ccc(C(=O)N2CCC(C(N)=O)CC2)cc1S(C)(=O)=O. The van der Waals surface area contributed by atoms with Crippen LogP contribution in [0.15, 0.2) is 23.1 Å². The standard InChI is InChI=1S/C15H20N2O5S/c1-22-12-4-3-11(9-13(12)23(2,20)21)15(19)17-7-5-10(6-8-17)14(16)18/h3-4,9-10H,5-8H2,1-2H3,(H2,16,18). The van der Waals surface area contributed by atoms with E-state index in [1.807, 2.05) is 0 Å². The van der Waals surface area contributed by atoms with E-state index in [9.17, 15) is 18.0 Å². The van der Waals surface area contributed by atoms with Crippen LogP contribution in [0.2, 0.25) is 0 Å². The van der Waals surface area contributed by atoms with Gasteiger partial charge >= 0.3 is 0 Å². The first kappa shape index (κ1) is 17.3. The van der Waals surface area contributed by atoms with Gasteiger partial charge in [-0.05, 0) is 31.0 Å². The van der Waals surface area contributed by atoms with Crippen LogP contribution in [0, 0.1) is 5.92 Å². The van der Waals surface area contributed by atoms with Crippen LogP contribution in [0.25, 0.3) is 0 Å². The molecule has 0 bridgehead atoms. The molecule has 2 rings (SSSR count). The van der Waals surface area contributed by atoms with Crippen LogP contribution in [0.3, 0.4) is 0 Å². The van der Waals surface area contributed by atoms with Crippen molar-refractivity contribution >= 4 is 21.7 Å². The summed E-state index contributed by atoms with van der Waals surface area (Å²) in [6.45, 7) is 0.847. The first-order valence-electron chi connectivity index (χ1n) is 7.20. The van der Waals surface area contributed by atoms with Crippen molar-refractivity contribution in [2.24, 2.45) is 11.7 Å². The van der Waals surface area contributed by atoms with Gasteiger partial charge in [0.2, 0.25) is 5.91 Å². The Hall–Kier alpha value is -2.09. The lowest BCUT2D eigenvalue weighted by molar-refractivity contribution is -0.123. The highest BCUT2D eigenvalue weighted by Crippen LogP contribution is 2.26. The second-order valence-corrected chi connectivity index (χ2v) is 7.59. The molecular weight excluding hydrogens is 320 g/mol. The molecular formula is C15H20N2O5S. The van der Waals surface area contributed by atoms with Crippen LogP contribution in [-0.2, 0) is 14.6 Å². The number of ether oxygens (including phenoxy) is 1. The van der Waals surface area contributed by atoms with E-state index in [-0.39, 0.29) is 33.9 Å². The maximum absolute atomic E-state index is 12.5. The second-order valence-electron chi connectivity index (χ2n) is 5.61. The number of rotatable bonds is 4. The van der Waals surface area contributed by atoms with Crippen LogP contribution in [0.1, 0.15) is 23.2 Å². The molecule has 0 atom stereocenters. The molecule has 1 aliphatic rings. The number of hydrogen-bond acceptors (Lipinski definition) is 5. The largest absolute Gasteiger partial charge is 0.495 e. The van der Waals surface area contributed by atoms with Crippen molar-refractivity contribution in [2.75, 3.05) is 26.5 Å². The number of carbonyl (C=O) groups excluding carboxylic acids is 2. The van der Waals surface area contributed by atoms with Gasteiger partial charge in [0, 0.05) is 30.8 Å². The monoisotopic (exact) mass is 340 g/mol. The molecule has 0 saturated carbocycles. The Morgan fingerprint density at radius 2 is 1.87 bits per heavy atom. The summed E-state index contributed by atoms with van der Waals surface area (Å²) in [6, 6.07) is 4.34. The molecule has 0 radical (unpaired) electrons. The molecule has 126 valence electrons. The minimum absolute atomic E-state index is 0.0159. The van der Waals surface area contributed by atoms with Gasteiger partial charge in [0.05, 0.1) is 7.11 Å². The molecule has 1 heterocycles. The third-order valence-electron chi connectivity index (χ3n) is 3.99. The number of nitrogens with two attached hydrogens (primary N) is 1. The summed E-state index contributed by atoms with van der Waals surface area (Å²) < 4.78 is 28.7. The summed E-state index contributed by atoms with van der Waals surface area (Å²) in [5.74, 6) is -0.612. The minimum Gasteiger partial charge on any atom is -0.495 e. The molecule has 23 heavy (non-hydrogen) atoms. The summed E-state index contributed by atoms with van der Waals surface area (Å²) in [4.78, 5) is 25.3. The number of sulfone groups is 1. The van der Waals surface area contributed by atoms with Crippen LogP contribution in [-0.4, -0.2) is 51.6 Å². The first-order chi connectivity index (χ1) is 10.7. The summed E-state index contributed by atoms with van der Waals surface area (Å²) >= 11 is 0. The van der Waals surface area contributed by atoms with Crippen molar-refractivity contribution in [2.45, 2.75) is 17.7 Å². The van der Waals surface area contributed by atoms with Crippen molar-refractivity contribution in [1.29, 1.82) is 0 Å². The lowest BCUT2D eigenvalue weighted by Crippen LogP contribution is -2.41. The molecule has 2 amide bonds. The van der Waals surface area contributed by atoms with Gasteiger partial charge in [0.1, 0.15) is 10.6 Å². The molecule has 0 aromatic heterocycles. The molecule has 0 unspecified atom stereocenters. The van der Waals surface area contributed by atoms with Gasteiger partial charge in [0.25, 0.3) is 5.91 Å². The molecule has 1 fully saturated rings. The molecule has 0 aliphatic carbocycles. The Morgan fingerprint density at radius 3 is 2.35 bits per heavy atom. The van der Waals surface area contributed by atoms with Crippen molar-refractivity contribution in [3.8, 4) is 5.75 Å². The number of benzene rings is 1. The van der Waals surface area contributed by atoms with Crippen LogP contribution >= 0.6 is 0 Å². The van der Waals surface area contributed by atoms with Gasteiger partial charge < -0.3 is 15.4 Å². The van der Waals surface area contributed by atoms with Crippen molar-refractivity contribution < 1.29 is 22.7 Å². The zero-order valence-electron chi connectivity index (χ0n) is 13.1. The maximum atomic E-state index is 12.5. The summed E-state index contributed by atoms with van der Waals surface area (Å²) in [7, 11) is -2.13.